The molecule has 0 bridgehead atoms. The first-order chi connectivity index (χ1) is 7.43. The van der Waals surface area contributed by atoms with Crippen molar-refractivity contribution in [2.45, 2.75) is 19.3 Å². The van der Waals surface area contributed by atoms with Crippen LogP contribution >= 0.6 is 0 Å². The molecule has 1 aromatic heterocycles. The second-order valence-corrected chi connectivity index (χ2v) is 4.63. The van der Waals surface area contributed by atoms with E-state index in [9.17, 15) is 4.79 Å². The zero-order chi connectivity index (χ0) is 11.9. The van der Waals surface area contributed by atoms with E-state index >= 15 is 0 Å². The van der Waals surface area contributed by atoms with Crippen molar-refractivity contribution in [3.63, 3.8) is 0 Å². The van der Waals surface area contributed by atoms with Crippen LogP contribution in [0.3, 0.4) is 0 Å². The van der Waals surface area contributed by atoms with Crippen molar-refractivity contribution >= 4 is 16.9 Å². The van der Waals surface area contributed by atoms with Crippen molar-refractivity contribution in [3.05, 3.63) is 36.0 Å². The Morgan fingerprint density at radius 2 is 2.00 bits per heavy atom. The monoisotopic (exact) mass is 217 g/mol. The topological polar surface area (TPSA) is 42.2 Å². The summed E-state index contributed by atoms with van der Waals surface area (Å²) < 4.78 is 2.02. The van der Waals surface area contributed by atoms with Gasteiger partial charge in [0.1, 0.15) is 0 Å². The molecule has 0 saturated heterocycles. The molecule has 0 aliphatic carbocycles. The molecule has 84 valence electrons. The third kappa shape index (κ3) is 1.48. The number of aryl methyl sites for hydroxylation is 1. The van der Waals surface area contributed by atoms with Gasteiger partial charge in [0.25, 0.3) is 0 Å². The molecule has 0 amide bonds. The van der Waals surface area contributed by atoms with E-state index in [1.165, 1.54) is 0 Å². The first-order valence-electron chi connectivity index (χ1n) is 5.22. The number of aliphatic carboxylic acids is 1. The third-order valence-electron chi connectivity index (χ3n) is 3.14. The Balaban J connectivity index is 2.59. The van der Waals surface area contributed by atoms with Gasteiger partial charge in [0, 0.05) is 18.8 Å². The zero-order valence-electron chi connectivity index (χ0n) is 9.69. The van der Waals surface area contributed by atoms with Crippen LogP contribution in [-0.2, 0) is 17.3 Å². The minimum Gasteiger partial charge on any atom is -0.481 e. The fourth-order valence-corrected chi connectivity index (χ4v) is 1.79. The maximum Gasteiger partial charge on any atom is 0.313 e. The molecule has 1 aromatic carbocycles. The van der Waals surface area contributed by atoms with E-state index in [-0.39, 0.29) is 0 Å². The maximum absolute atomic E-state index is 11.2. The van der Waals surface area contributed by atoms with Crippen molar-refractivity contribution in [3.8, 4) is 0 Å². The summed E-state index contributed by atoms with van der Waals surface area (Å²) >= 11 is 0. The van der Waals surface area contributed by atoms with Crippen molar-refractivity contribution in [2.24, 2.45) is 7.05 Å². The highest BCUT2D eigenvalue weighted by molar-refractivity contribution is 5.85. The summed E-state index contributed by atoms with van der Waals surface area (Å²) in [6.07, 6.45) is 1.97. The van der Waals surface area contributed by atoms with E-state index in [1.54, 1.807) is 13.8 Å². The Morgan fingerprint density at radius 1 is 1.31 bits per heavy atom. The highest BCUT2D eigenvalue weighted by Gasteiger charge is 2.29. The number of rotatable bonds is 2. The number of benzene rings is 1. The first-order valence-corrected chi connectivity index (χ1v) is 5.22. The summed E-state index contributed by atoms with van der Waals surface area (Å²) in [5.74, 6) is -0.803. The van der Waals surface area contributed by atoms with Crippen LogP contribution in [0.4, 0.5) is 0 Å². The zero-order valence-corrected chi connectivity index (χ0v) is 9.69. The molecule has 16 heavy (non-hydrogen) atoms. The summed E-state index contributed by atoms with van der Waals surface area (Å²) in [5, 5.41) is 10.2. The molecule has 0 fully saturated rings. The average Bonchev–Trinajstić information content (AvgIpc) is 2.60. The molecule has 3 nitrogen and oxygen atoms in total. The lowest BCUT2D eigenvalue weighted by molar-refractivity contribution is -0.142. The van der Waals surface area contributed by atoms with Crippen LogP contribution in [0.1, 0.15) is 19.4 Å². The molecule has 0 unspecified atom stereocenters. The standard InChI is InChI=1S/C13H15NO2/c1-13(2,12(15)16)10-4-5-11-9(8-10)6-7-14(11)3/h4-8H,1-3H3,(H,15,16). The van der Waals surface area contributed by atoms with Gasteiger partial charge in [-0.1, -0.05) is 6.07 Å². The number of aromatic nitrogens is 1. The third-order valence-corrected chi connectivity index (χ3v) is 3.14. The SMILES string of the molecule is Cn1ccc2cc(C(C)(C)C(=O)O)ccc21. The molecule has 0 saturated carbocycles. The lowest BCUT2D eigenvalue weighted by Gasteiger charge is -2.19. The van der Waals surface area contributed by atoms with Crippen LogP contribution in [0.15, 0.2) is 30.5 Å². The summed E-state index contributed by atoms with van der Waals surface area (Å²) in [6.45, 7) is 3.44. The van der Waals surface area contributed by atoms with E-state index < -0.39 is 11.4 Å². The minimum atomic E-state index is -0.843. The van der Waals surface area contributed by atoms with Crippen LogP contribution in [0, 0.1) is 0 Å². The molecule has 0 aliphatic rings. The quantitative estimate of drug-likeness (QED) is 0.840. The molecule has 1 N–H and O–H groups in total. The van der Waals surface area contributed by atoms with E-state index in [0.29, 0.717) is 0 Å². The second-order valence-electron chi connectivity index (χ2n) is 4.63. The normalized spacial score (nSPS) is 11.9. The lowest BCUT2D eigenvalue weighted by Crippen LogP contribution is -2.28. The average molecular weight is 217 g/mol. The van der Waals surface area contributed by atoms with E-state index in [2.05, 4.69) is 0 Å². The number of hydrogen-bond acceptors (Lipinski definition) is 1. The van der Waals surface area contributed by atoms with Gasteiger partial charge in [-0.3, -0.25) is 4.79 Å². The summed E-state index contributed by atoms with van der Waals surface area (Å²) in [5.41, 5.74) is 1.10. The molecular formula is C13H15NO2. The van der Waals surface area contributed by atoms with Gasteiger partial charge in [0.05, 0.1) is 5.41 Å². The molecule has 2 aromatic rings. The molecular weight excluding hydrogens is 202 g/mol. The first kappa shape index (κ1) is 10.7. The maximum atomic E-state index is 11.2. The molecule has 0 aliphatic heterocycles. The number of fused-ring (bicyclic) bond motifs is 1. The number of carboxylic acids is 1. The van der Waals surface area contributed by atoms with Gasteiger partial charge in [-0.05, 0) is 43.0 Å². The van der Waals surface area contributed by atoms with E-state index in [0.717, 1.165) is 16.5 Å². The van der Waals surface area contributed by atoms with Crippen molar-refractivity contribution < 1.29 is 9.90 Å². The molecule has 3 heteroatoms. The largest absolute Gasteiger partial charge is 0.481 e. The molecule has 0 radical (unpaired) electrons. The van der Waals surface area contributed by atoms with Crippen molar-refractivity contribution in [2.75, 3.05) is 0 Å². The highest BCUT2D eigenvalue weighted by atomic mass is 16.4. The van der Waals surface area contributed by atoms with Crippen LogP contribution in [0.2, 0.25) is 0 Å². The lowest BCUT2D eigenvalue weighted by atomic mass is 9.84. The van der Waals surface area contributed by atoms with Crippen molar-refractivity contribution in [1.82, 2.24) is 4.57 Å². The van der Waals surface area contributed by atoms with Crippen LogP contribution in [-0.4, -0.2) is 15.6 Å². The second kappa shape index (κ2) is 3.37. The Bertz CT molecular complexity index is 552. The highest BCUT2D eigenvalue weighted by Crippen LogP contribution is 2.27. The summed E-state index contributed by atoms with van der Waals surface area (Å²) in [4.78, 5) is 11.2. The minimum absolute atomic E-state index is 0.803. The fraction of sp³-hybridized carbons (Fsp3) is 0.308. The smallest absolute Gasteiger partial charge is 0.313 e. The van der Waals surface area contributed by atoms with Gasteiger partial charge in [0.2, 0.25) is 0 Å². The number of nitrogens with zero attached hydrogens (tertiary/aromatic N) is 1. The Labute approximate surface area is 94.3 Å². The number of hydrogen-bond donors (Lipinski definition) is 1. The van der Waals surface area contributed by atoms with Gasteiger partial charge >= 0.3 is 5.97 Å². The van der Waals surface area contributed by atoms with Gasteiger partial charge in [-0.15, -0.1) is 0 Å². The fourth-order valence-electron chi connectivity index (χ4n) is 1.79. The molecule has 0 spiro atoms. The Kier molecular flexibility index (Phi) is 2.26. The van der Waals surface area contributed by atoms with Crippen LogP contribution in [0.25, 0.3) is 10.9 Å². The Morgan fingerprint density at radius 3 is 2.62 bits per heavy atom. The summed E-state index contributed by atoms with van der Waals surface area (Å²) in [7, 11) is 1.98. The van der Waals surface area contributed by atoms with Crippen LogP contribution < -0.4 is 0 Å². The summed E-state index contributed by atoms with van der Waals surface area (Å²) in [6, 6.07) is 7.80. The molecule has 1 heterocycles. The number of carboxylic acid groups (broad SMARTS) is 1. The predicted molar refractivity (Wildman–Crippen MR) is 63.6 cm³/mol. The van der Waals surface area contributed by atoms with Gasteiger partial charge in [-0.2, -0.15) is 0 Å². The van der Waals surface area contributed by atoms with Gasteiger partial charge in [0.15, 0.2) is 0 Å². The van der Waals surface area contributed by atoms with Gasteiger partial charge in [-0.25, -0.2) is 0 Å². The molecule has 0 atom stereocenters. The van der Waals surface area contributed by atoms with E-state index in [1.807, 2.05) is 42.1 Å². The van der Waals surface area contributed by atoms with Gasteiger partial charge < -0.3 is 9.67 Å². The molecule has 2 rings (SSSR count). The predicted octanol–water partition coefficient (Wildman–Crippen LogP) is 2.54. The Hall–Kier alpha value is -1.77. The van der Waals surface area contributed by atoms with E-state index in [4.69, 9.17) is 5.11 Å². The number of carbonyl (C=O) groups is 1. The van der Waals surface area contributed by atoms with Crippen LogP contribution in [0.5, 0.6) is 0 Å². The van der Waals surface area contributed by atoms with Crippen molar-refractivity contribution in [1.29, 1.82) is 0 Å².